The number of allylic oxidation sites excluding steroid dienone is 13. The molecule has 0 N–H and O–H groups in total. The van der Waals surface area contributed by atoms with Crippen LogP contribution >= 0.6 is 0 Å². The summed E-state index contributed by atoms with van der Waals surface area (Å²) in [5, 5.41) is 0. The summed E-state index contributed by atoms with van der Waals surface area (Å²) in [4.78, 5) is 0. The summed E-state index contributed by atoms with van der Waals surface area (Å²) in [5.41, 5.74) is 12.2. The van der Waals surface area contributed by atoms with E-state index in [0.29, 0.717) is 0 Å². The lowest BCUT2D eigenvalue weighted by Crippen LogP contribution is -2.07. The normalized spacial score (nSPS) is 12.1. The molecule has 0 spiro atoms. The summed E-state index contributed by atoms with van der Waals surface area (Å²) in [6.07, 6.45) is 23.2. The molecule has 0 radical (unpaired) electrons. The number of hydrogen-bond donors (Lipinski definition) is 0. The van der Waals surface area contributed by atoms with Gasteiger partial charge < -0.3 is 0 Å². The van der Waals surface area contributed by atoms with Gasteiger partial charge in [-0.3, -0.25) is 0 Å². The van der Waals surface area contributed by atoms with Crippen LogP contribution in [0.25, 0.3) is 27.8 Å². The Kier molecular flexibility index (Phi) is 23.3. The van der Waals surface area contributed by atoms with Gasteiger partial charge in [0.1, 0.15) is 0 Å². The van der Waals surface area contributed by atoms with E-state index in [1.165, 1.54) is 50.1 Å². The molecule has 0 heteroatoms. The van der Waals surface area contributed by atoms with Crippen LogP contribution in [0.1, 0.15) is 103 Å². The first kappa shape index (κ1) is 39.5. The molecule has 1 aliphatic rings. The fourth-order valence-corrected chi connectivity index (χ4v) is 4.76. The summed E-state index contributed by atoms with van der Waals surface area (Å²) in [7, 11) is 0. The molecule has 2 aromatic carbocycles. The van der Waals surface area contributed by atoms with Crippen molar-refractivity contribution in [2.75, 3.05) is 0 Å². The zero-order chi connectivity index (χ0) is 31.8. The van der Waals surface area contributed by atoms with Gasteiger partial charge in [0, 0.05) is 0 Å². The molecule has 0 atom stereocenters. The van der Waals surface area contributed by atoms with Crippen LogP contribution in [0.15, 0.2) is 111 Å². The maximum atomic E-state index is 4.14. The smallest absolute Gasteiger partial charge is 0.00668 e. The second-order valence-corrected chi connectivity index (χ2v) is 8.17. The SMILES string of the molecule is C=C/C=C(\C=C/C)c1c(C)c(-c2ccccc2)c(/C(C=C)=C/C=C)c(C)c1C1=CCCC=C1.CC.CC.CC.CC. The Morgan fingerprint density at radius 2 is 1.20 bits per heavy atom. The van der Waals surface area contributed by atoms with Crippen molar-refractivity contribution in [1.29, 1.82) is 0 Å². The Morgan fingerprint density at radius 3 is 1.66 bits per heavy atom. The van der Waals surface area contributed by atoms with E-state index < -0.39 is 0 Å². The summed E-state index contributed by atoms with van der Waals surface area (Å²) in [6, 6.07) is 10.6. The first-order valence-corrected chi connectivity index (χ1v) is 15.6. The molecule has 0 fully saturated rings. The zero-order valence-electron chi connectivity index (χ0n) is 28.2. The van der Waals surface area contributed by atoms with Gasteiger partial charge in [0.05, 0.1) is 0 Å². The molecule has 0 aromatic heterocycles. The fraction of sp³-hybridized carbons (Fsp3) is 0.317. The Labute approximate surface area is 255 Å². The predicted octanol–water partition coefficient (Wildman–Crippen LogP) is 13.7. The highest BCUT2D eigenvalue weighted by Crippen LogP contribution is 2.44. The quantitative estimate of drug-likeness (QED) is 0.287. The average molecular weight is 551 g/mol. The van der Waals surface area contributed by atoms with E-state index in [2.05, 4.69) is 113 Å². The van der Waals surface area contributed by atoms with Crippen molar-refractivity contribution in [1.82, 2.24) is 0 Å². The van der Waals surface area contributed by atoms with E-state index in [-0.39, 0.29) is 0 Å². The standard InChI is InChI=1S/C33H34.4C2H6/c1-7-17-26(10-4)30-24(5)33(29-22-15-12-16-23-29)31(27(18-8-2)19-9-3)25(6)32(30)28-20-13-11-14-21-28;4*1-2/h7-11,13-15,17-23H,1-2,4,12,16H2,3,5-6H3;4*1-2H3/b19-9-,26-17+,27-18+;;;;. The molecule has 0 amide bonds. The number of hydrogen-bond acceptors (Lipinski definition) is 0. The zero-order valence-corrected chi connectivity index (χ0v) is 28.2. The minimum atomic E-state index is 1.06. The van der Waals surface area contributed by atoms with E-state index in [9.17, 15) is 0 Å². The van der Waals surface area contributed by atoms with Crippen LogP contribution < -0.4 is 0 Å². The van der Waals surface area contributed by atoms with Crippen LogP contribution in [-0.2, 0) is 0 Å². The van der Waals surface area contributed by atoms with Gasteiger partial charge in [-0.15, -0.1) is 0 Å². The molecule has 0 heterocycles. The van der Waals surface area contributed by atoms with Gasteiger partial charge in [-0.05, 0) is 89.3 Å². The molecule has 0 saturated carbocycles. The molecule has 41 heavy (non-hydrogen) atoms. The van der Waals surface area contributed by atoms with E-state index >= 15 is 0 Å². The molecule has 1 aliphatic carbocycles. The highest BCUT2D eigenvalue weighted by atomic mass is 14.3. The van der Waals surface area contributed by atoms with E-state index in [1.54, 1.807) is 0 Å². The molecule has 0 aliphatic heterocycles. The molecular formula is C41H58. The molecule has 0 saturated heterocycles. The van der Waals surface area contributed by atoms with Gasteiger partial charge in [0.15, 0.2) is 0 Å². The van der Waals surface area contributed by atoms with Crippen molar-refractivity contribution in [3.8, 4) is 11.1 Å². The van der Waals surface area contributed by atoms with E-state index in [0.717, 1.165) is 18.4 Å². The first-order chi connectivity index (χ1) is 20.1. The van der Waals surface area contributed by atoms with Crippen LogP contribution in [0.2, 0.25) is 0 Å². The maximum absolute atomic E-state index is 4.14. The van der Waals surface area contributed by atoms with Crippen molar-refractivity contribution in [2.24, 2.45) is 0 Å². The Bertz CT molecular complexity index is 1200. The average Bonchev–Trinajstić information content (AvgIpc) is 3.05. The van der Waals surface area contributed by atoms with Crippen LogP contribution in [-0.4, -0.2) is 0 Å². The summed E-state index contributed by atoms with van der Waals surface area (Å²) in [6.45, 7) is 34.6. The second-order valence-electron chi connectivity index (χ2n) is 8.17. The first-order valence-electron chi connectivity index (χ1n) is 15.6. The van der Waals surface area contributed by atoms with Gasteiger partial charge in [0.25, 0.3) is 0 Å². The number of benzene rings is 2. The highest BCUT2D eigenvalue weighted by molar-refractivity contribution is 5.99. The molecule has 0 nitrogen and oxygen atoms in total. The van der Waals surface area contributed by atoms with Crippen molar-refractivity contribution in [3.63, 3.8) is 0 Å². The lowest BCUT2D eigenvalue weighted by atomic mass is 9.77. The highest BCUT2D eigenvalue weighted by Gasteiger charge is 2.24. The third-order valence-corrected chi connectivity index (χ3v) is 6.08. The molecule has 0 bridgehead atoms. The molecule has 222 valence electrons. The van der Waals surface area contributed by atoms with Crippen molar-refractivity contribution in [3.05, 3.63) is 139 Å². The third-order valence-electron chi connectivity index (χ3n) is 6.08. The lowest BCUT2D eigenvalue weighted by Gasteiger charge is -2.27. The van der Waals surface area contributed by atoms with Gasteiger partial charge in [-0.2, -0.15) is 0 Å². The Balaban J connectivity index is 0. The topological polar surface area (TPSA) is 0 Å². The molecular weight excluding hydrogens is 492 g/mol. The molecule has 3 rings (SSSR count). The van der Waals surface area contributed by atoms with Crippen LogP contribution in [0.3, 0.4) is 0 Å². The van der Waals surface area contributed by atoms with Crippen LogP contribution in [0.5, 0.6) is 0 Å². The van der Waals surface area contributed by atoms with Crippen molar-refractivity contribution in [2.45, 2.75) is 89.0 Å². The largest absolute Gasteiger partial charge is 0.0990 e. The Hall–Kier alpha value is -3.64. The van der Waals surface area contributed by atoms with Gasteiger partial charge in [-0.25, -0.2) is 0 Å². The fourth-order valence-electron chi connectivity index (χ4n) is 4.76. The van der Waals surface area contributed by atoms with Crippen molar-refractivity contribution >= 4 is 16.7 Å². The molecule has 0 unspecified atom stereocenters. The predicted molar refractivity (Wildman–Crippen MR) is 194 cm³/mol. The minimum absolute atomic E-state index is 1.06. The number of rotatable bonds is 8. The van der Waals surface area contributed by atoms with Gasteiger partial charge in [-0.1, -0.05) is 166 Å². The van der Waals surface area contributed by atoms with E-state index in [1.807, 2.05) is 73.6 Å². The lowest BCUT2D eigenvalue weighted by molar-refractivity contribution is 1.04. The minimum Gasteiger partial charge on any atom is -0.0990 e. The molecule has 2 aromatic rings. The summed E-state index contributed by atoms with van der Waals surface area (Å²) >= 11 is 0. The monoisotopic (exact) mass is 550 g/mol. The summed E-state index contributed by atoms with van der Waals surface area (Å²) < 4.78 is 0. The van der Waals surface area contributed by atoms with Gasteiger partial charge >= 0.3 is 0 Å². The van der Waals surface area contributed by atoms with E-state index in [4.69, 9.17) is 0 Å². The summed E-state index contributed by atoms with van der Waals surface area (Å²) in [5.74, 6) is 0. The van der Waals surface area contributed by atoms with Crippen LogP contribution in [0, 0.1) is 13.8 Å². The maximum Gasteiger partial charge on any atom is -0.00668 e. The Morgan fingerprint density at radius 1 is 0.683 bits per heavy atom. The van der Waals surface area contributed by atoms with Crippen LogP contribution in [0.4, 0.5) is 0 Å². The third kappa shape index (κ3) is 10.7. The van der Waals surface area contributed by atoms with Crippen molar-refractivity contribution < 1.29 is 0 Å². The second kappa shape index (κ2) is 24.2. The van der Waals surface area contributed by atoms with Gasteiger partial charge in [0.2, 0.25) is 0 Å².